The monoisotopic (exact) mass is 349 g/mol. The average Bonchev–Trinajstić information content (AvgIpc) is 2.84. The highest BCUT2D eigenvalue weighted by atomic mass is 16.2. The van der Waals surface area contributed by atoms with Crippen LogP contribution in [-0.2, 0) is 9.59 Å². The Bertz CT molecular complexity index is 544. The quantitative estimate of drug-likeness (QED) is 0.793. The first-order valence-electron chi connectivity index (χ1n) is 9.93. The largest absolute Gasteiger partial charge is 0.338 e. The van der Waals surface area contributed by atoms with Crippen LogP contribution in [0.2, 0.25) is 0 Å². The second-order valence-corrected chi connectivity index (χ2v) is 7.91. The van der Waals surface area contributed by atoms with Gasteiger partial charge < -0.3 is 10.2 Å². The summed E-state index contributed by atoms with van der Waals surface area (Å²) in [5.74, 6) is -0.172. The lowest BCUT2D eigenvalue weighted by molar-refractivity contribution is -0.142. The molecule has 2 saturated carbocycles. The molecule has 25 heavy (non-hydrogen) atoms. The minimum atomic E-state index is -0.780. The van der Waals surface area contributed by atoms with Gasteiger partial charge in [0, 0.05) is 12.6 Å². The van der Waals surface area contributed by atoms with Crippen LogP contribution in [0, 0.1) is 5.92 Å². The molecule has 0 aromatic carbocycles. The van der Waals surface area contributed by atoms with Gasteiger partial charge in [-0.15, -0.1) is 0 Å². The van der Waals surface area contributed by atoms with E-state index in [0.29, 0.717) is 13.0 Å². The van der Waals surface area contributed by atoms with E-state index in [1.807, 2.05) is 18.7 Å². The fraction of sp³-hybridized carbons (Fsp3) is 0.842. The number of nitrogens with zero attached hydrogens (tertiary/aromatic N) is 2. The summed E-state index contributed by atoms with van der Waals surface area (Å²) in [7, 11) is 0. The Morgan fingerprint density at radius 2 is 1.84 bits per heavy atom. The van der Waals surface area contributed by atoms with Crippen molar-refractivity contribution in [2.75, 3.05) is 13.1 Å². The average molecular weight is 349 g/mol. The summed E-state index contributed by atoms with van der Waals surface area (Å²) in [4.78, 5) is 41.3. The fourth-order valence-corrected chi connectivity index (χ4v) is 4.90. The zero-order chi connectivity index (χ0) is 18.0. The number of carbonyl (C=O) groups excluding carboxylic acids is 3. The summed E-state index contributed by atoms with van der Waals surface area (Å²) in [5, 5.41) is 2.93. The summed E-state index contributed by atoms with van der Waals surface area (Å²) < 4.78 is 0. The number of rotatable bonds is 4. The van der Waals surface area contributed by atoms with Crippen molar-refractivity contribution in [3.63, 3.8) is 0 Å². The Morgan fingerprint density at radius 3 is 2.48 bits per heavy atom. The second-order valence-electron chi connectivity index (χ2n) is 7.91. The number of nitrogens with one attached hydrogen (secondary N) is 1. The Balaban J connectivity index is 1.70. The van der Waals surface area contributed by atoms with Crippen LogP contribution in [0.15, 0.2) is 0 Å². The van der Waals surface area contributed by atoms with Gasteiger partial charge in [0.05, 0.1) is 0 Å². The molecule has 3 aliphatic rings. The standard InChI is InChI=1S/C19H31N3O3/c1-3-21(15-10-5-4-6-11-15)16(23)13-22-17(24)19(20-18(22)25)12-8-7-9-14(19)2/h14-15H,3-13H2,1-2H3,(H,20,25). The predicted octanol–water partition coefficient (Wildman–Crippen LogP) is 2.67. The van der Waals surface area contributed by atoms with Gasteiger partial charge in [-0.2, -0.15) is 0 Å². The molecule has 0 aromatic rings. The van der Waals surface area contributed by atoms with E-state index >= 15 is 0 Å². The lowest BCUT2D eigenvalue weighted by Gasteiger charge is -2.37. The Morgan fingerprint density at radius 1 is 1.16 bits per heavy atom. The molecule has 2 unspecified atom stereocenters. The lowest BCUT2D eigenvalue weighted by Crippen LogP contribution is -2.54. The van der Waals surface area contributed by atoms with E-state index in [1.165, 1.54) is 6.42 Å². The number of imide groups is 1. The Hall–Kier alpha value is -1.59. The molecule has 3 fully saturated rings. The third-order valence-electron chi connectivity index (χ3n) is 6.47. The third-order valence-corrected chi connectivity index (χ3v) is 6.47. The van der Waals surface area contributed by atoms with Crippen LogP contribution in [0.1, 0.15) is 71.6 Å². The van der Waals surface area contributed by atoms with E-state index in [2.05, 4.69) is 5.32 Å². The maximum Gasteiger partial charge on any atom is 0.325 e. The molecule has 0 bridgehead atoms. The van der Waals surface area contributed by atoms with Gasteiger partial charge in [0.25, 0.3) is 5.91 Å². The van der Waals surface area contributed by atoms with Gasteiger partial charge in [0.2, 0.25) is 5.91 Å². The van der Waals surface area contributed by atoms with Crippen LogP contribution >= 0.6 is 0 Å². The normalized spacial score (nSPS) is 30.6. The fourth-order valence-electron chi connectivity index (χ4n) is 4.90. The van der Waals surface area contributed by atoms with Crippen molar-refractivity contribution >= 4 is 17.8 Å². The molecular formula is C19H31N3O3. The zero-order valence-electron chi connectivity index (χ0n) is 15.6. The van der Waals surface area contributed by atoms with Crippen molar-refractivity contribution in [1.82, 2.24) is 15.1 Å². The number of urea groups is 1. The smallest absolute Gasteiger partial charge is 0.325 e. The minimum absolute atomic E-state index is 0.0987. The molecule has 4 amide bonds. The van der Waals surface area contributed by atoms with E-state index in [-0.39, 0.29) is 30.3 Å². The van der Waals surface area contributed by atoms with E-state index in [0.717, 1.165) is 49.8 Å². The first kappa shape index (κ1) is 18.2. The van der Waals surface area contributed by atoms with Gasteiger partial charge in [-0.25, -0.2) is 4.79 Å². The highest BCUT2D eigenvalue weighted by Crippen LogP contribution is 2.38. The first-order valence-corrected chi connectivity index (χ1v) is 9.93. The van der Waals surface area contributed by atoms with Gasteiger partial charge in [-0.3, -0.25) is 14.5 Å². The molecule has 0 radical (unpaired) electrons. The van der Waals surface area contributed by atoms with Crippen LogP contribution in [-0.4, -0.2) is 52.3 Å². The molecule has 140 valence electrons. The van der Waals surface area contributed by atoms with Gasteiger partial charge in [-0.1, -0.05) is 39.0 Å². The molecule has 2 atom stereocenters. The molecule has 1 saturated heterocycles. The topological polar surface area (TPSA) is 69.7 Å². The number of carbonyl (C=O) groups is 3. The third kappa shape index (κ3) is 3.27. The lowest BCUT2D eigenvalue weighted by atomic mass is 9.73. The van der Waals surface area contributed by atoms with Crippen LogP contribution in [0.4, 0.5) is 4.79 Å². The predicted molar refractivity (Wildman–Crippen MR) is 94.9 cm³/mol. The highest BCUT2D eigenvalue weighted by molar-refractivity contribution is 6.09. The molecule has 1 aliphatic heterocycles. The number of hydrogen-bond donors (Lipinski definition) is 1. The van der Waals surface area contributed by atoms with E-state index < -0.39 is 11.6 Å². The zero-order valence-corrected chi connectivity index (χ0v) is 15.6. The summed E-state index contributed by atoms with van der Waals surface area (Å²) in [6.45, 7) is 4.52. The van der Waals surface area contributed by atoms with Crippen molar-refractivity contribution in [3.05, 3.63) is 0 Å². The second kappa shape index (κ2) is 7.34. The summed E-state index contributed by atoms with van der Waals surface area (Å²) >= 11 is 0. The van der Waals surface area contributed by atoms with Crippen molar-refractivity contribution in [2.45, 2.75) is 83.2 Å². The van der Waals surface area contributed by atoms with Crippen LogP contribution in [0.25, 0.3) is 0 Å². The maximum absolute atomic E-state index is 13.0. The van der Waals surface area contributed by atoms with Crippen LogP contribution < -0.4 is 5.32 Å². The van der Waals surface area contributed by atoms with Gasteiger partial charge in [-0.05, 0) is 38.5 Å². The van der Waals surface area contributed by atoms with E-state index in [9.17, 15) is 14.4 Å². The van der Waals surface area contributed by atoms with E-state index in [4.69, 9.17) is 0 Å². The Labute approximate surface area is 150 Å². The molecule has 3 rings (SSSR count). The Kier molecular flexibility index (Phi) is 5.35. The minimum Gasteiger partial charge on any atom is -0.338 e. The molecule has 1 heterocycles. The van der Waals surface area contributed by atoms with Gasteiger partial charge in [0.1, 0.15) is 12.1 Å². The van der Waals surface area contributed by atoms with Crippen molar-refractivity contribution in [1.29, 1.82) is 0 Å². The molecule has 6 nitrogen and oxygen atoms in total. The molecular weight excluding hydrogens is 318 g/mol. The molecule has 1 spiro atoms. The maximum atomic E-state index is 13.0. The summed E-state index contributed by atoms with van der Waals surface area (Å²) in [6.07, 6.45) is 9.26. The highest BCUT2D eigenvalue weighted by Gasteiger charge is 2.55. The number of amides is 4. The molecule has 0 aromatic heterocycles. The number of likely N-dealkylation sites (N-methyl/N-ethyl adjacent to an activating group) is 1. The van der Waals surface area contributed by atoms with Crippen molar-refractivity contribution < 1.29 is 14.4 Å². The number of hydrogen-bond acceptors (Lipinski definition) is 3. The molecule has 1 N–H and O–H groups in total. The summed E-state index contributed by atoms with van der Waals surface area (Å²) in [5.41, 5.74) is -0.780. The van der Waals surface area contributed by atoms with Crippen LogP contribution in [0.5, 0.6) is 0 Å². The molecule has 6 heteroatoms. The van der Waals surface area contributed by atoms with Crippen molar-refractivity contribution in [3.8, 4) is 0 Å². The van der Waals surface area contributed by atoms with Gasteiger partial charge >= 0.3 is 6.03 Å². The first-order chi connectivity index (χ1) is 12.0. The van der Waals surface area contributed by atoms with E-state index in [1.54, 1.807) is 0 Å². The SMILES string of the molecule is CCN(C(=O)CN1C(=O)NC2(CCCCC2C)C1=O)C1CCCCC1. The van der Waals surface area contributed by atoms with Crippen molar-refractivity contribution in [2.24, 2.45) is 5.92 Å². The van der Waals surface area contributed by atoms with Gasteiger partial charge in [0.15, 0.2) is 0 Å². The van der Waals surface area contributed by atoms with Crippen LogP contribution in [0.3, 0.4) is 0 Å². The molecule has 2 aliphatic carbocycles. The summed E-state index contributed by atoms with van der Waals surface area (Å²) in [6, 6.07) is -0.138.